The van der Waals surface area contributed by atoms with Crippen LogP contribution in [0.25, 0.3) is 11.0 Å². The number of fused-ring (bicyclic) bond motifs is 1. The Labute approximate surface area is 87.9 Å². The molecule has 0 amide bonds. The molecule has 0 saturated heterocycles. The molecule has 2 aromatic heterocycles. The van der Waals surface area contributed by atoms with E-state index >= 15 is 0 Å². The van der Waals surface area contributed by atoms with Crippen molar-refractivity contribution in [3.05, 3.63) is 21.2 Å². The normalized spacial score (nSPS) is 10.9. The first-order valence-corrected chi connectivity index (χ1v) is 4.77. The Bertz CT molecular complexity index is 437. The maximum Gasteiger partial charge on any atom is 0.223 e. The lowest BCUT2D eigenvalue weighted by Crippen LogP contribution is -1.87. The number of hydrogen-bond acceptors (Lipinski definition) is 2. The van der Waals surface area contributed by atoms with E-state index in [9.17, 15) is 0 Å². The summed E-state index contributed by atoms with van der Waals surface area (Å²) in [5.74, 6) is 0. The second kappa shape index (κ2) is 2.85. The van der Waals surface area contributed by atoms with Gasteiger partial charge in [0.1, 0.15) is 5.52 Å². The molecule has 2 aromatic rings. The molecule has 0 fully saturated rings. The molecule has 0 aliphatic rings. The number of halogens is 2. The van der Waals surface area contributed by atoms with Gasteiger partial charge in [-0.05, 0) is 34.2 Å². The molecule has 0 aromatic carbocycles. The van der Waals surface area contributed by atoms with E-state index < -0.39 is 0 Å². The van der Waals surface area contributed by atoms with Gasteiger partial charge in [-0.1, -0.05) is 0 Å². The van der Waals surface area contributed by atoms with Gasteiger partial charge in [0.25, 0.3) is 0 Å². The molecule has 3 nitrogen and oxygen atoms in total. The Morgan fingerprint density at radius 2 is 2.33 bits per heavy atom. The standard InChI is InChI=1S/C7H5ClIN3/c1-12-3-4(9)6-5(12)2-10-7(8)11-6/h2-3H,1H3. The van der Waals surface area contributed by atoms with E-state index in [0.29, 0.717) is 5.28 Å². The second-order valence-corrected chi connectivity index (χ2v) is 3.96. The van der Waals surface area contributed by atoms with Crippen LogP contribution in [0.2, 0.25) is 5.28 Å². The van der Waals surface area contributed by atoms with Crippen molar-refractivity contribution < 1.29 is 0 Å². The summed E-state index contributed by atoms with van der Waals surface area (Å²) in [6.45, 7) is 0. The van der Waals surface area contributed by atoms with Crippen LogP contribution in [0.15, 0.2) is 12.4 Å². The third-order valence-electron chi connectivity index (χ3n) is 1.65. The van der Waals surface area contributed by atoms with Crippen molar-refractivity contribution in [3.63, 3.8) is 0 Å². The van der Waals surface area contributed by atoms with E-state index in [1.165, 1.54) is 0 Å². The molecule has 0 atom stereocenters. The average Bonchev–Trinajstić information content (AvgIpc) is 2.28. The topological polar surface area (TPSA) is 30.7 Å². The maximum absolute atomic E-state index is 5.67. The summed E-state index contributed by atoms with van der Waals surface area (Å²) in [6, 6.07) is 0. The highest BCUT2D eigenvalue weighted by Gasteiger charge is 2.05. The van der Waals surface area contributed by atoms with Gasteiger partial charge >= 0.3 is 0 Å². The van der Waals surface area contributed by atoms with Gasteiger partial charge in [-0.3, -0.25) is 0 Å². The van der Waals surface area contributed by atoms with E-state index in [4.69, 9.17) is 11.6 Å². The van der Waals surface area contributed by atoms with Crippen LogP contribution in [0.4, 0.5) is 0 Å². The first-order valence-electron chi connectivity index (χ1n) is 3.31. The highest BCUT2D eigenvalue weighted by atomic mass is 127. The molecule has 0 saturated carbocycles. The van der Waals surface area contributed by atoms with Crippen LogP contribution < -0.4 is 0 Å². The number of rotatable bonds is 0. The second-order valence-electron chi connectivity index (χ2n) is 2.46. The SMILES string of the molecule is Cn1cc(I)c2nc(Cl)ncc21. The molecule has 12 heavy (non-hydrogen) atoms. The van der Waals surface area contributed by atoms with Gasteiger partial charge < -0.3 is 4.57 Å². The van der Waals surface area contributed by atoms with Crippen molar-refractivity contribution in [2.45, 2.75) is 0 Å². The third-order valence-corrected chi connectivity index (χ3v) is 2.62. The van der Waals surface area contributed by atoms with Gasteiger partial charge in [-0.25, -0.2) is 9.97 Å². The number of aromatic nitrogens is 3. The quantitative estimate of drug-likeness (QED) is 0.551. The van der Waals surface area contributed by atoms with E-state index in [1.807, 2.05) is 17.8 Å². The first-order chi connectivity index (χ1) is 5.68. The lowest BCUT2D eigenvalue weighted by molar-refractivity contribution is 0.960. The summed E-state index contributed by atoms with van der Waals surface area (Å²) in [5, 5.41) is 0.298. The van der Waals surface area contributed by atoms with Crippen LogP contribution in [0.1, 0.15) is 0 Å². The van der Waals surface area contributed by atoms with Gasteiger partial charge in [-0.2, -0.15) is 0 Å². The van der Waals surface area contributed by atoms with Gasteiger partial charge in [0.2, 0.25) is 5.28 Å². The average molecular weight is 293 g/mol. The third kappa shape index (κ3) is 1.19. The van der Waals surface area contributed by atoms with Gasteiger partial charge in [0.15, 0.2) is 0 Å². The summed E-state index contributed by atoms with van der Waals surface area (Å²) in [5.41, 5.74) is 1.92. The fraction of sp³-hybridized carbons (Fsp3) is 0.143. The van der Waals surface area contributed by atoms with Gasteiger partial charge in [0, 0.05) is 13.2 Å². The fourth-order valence-corrected chi connectivity index (χ4v) is 2.04. The number of aryl methyl sites for hydroxylation is 1. The molecule has 5 heteroatoms. The van der Waals surface area contributed by atoms with Crippen molar-refractivity contribution in [1.29, 1.82) is 0 Å². The fourth-order valence-electron chi connectivity index (χ4n) is 1.09. The summed E-state index contributed by atoms with van der Waals surface area (Å²) < 4.78 is 3.07. The van der Waals surface area contributed by atoms with E-state index in [0.717, 1.165) is 14.6 Å². The smallest absolute Gasteiger partial charge is 0.223 e. The molecular formula is C7H5ClIN3. The monoisotopic (exact) mass is 293 g/mol. The molecule has 0 N–H and O–H groups in total. The minimum absolute atomic E-state index is 0.298. The Morgan fingerprint density at radius 3 is 3.08 bits per heavy atom. The summed E-state index contributed by atoms with van der Waals surface area (Å²) in [6.07, 6.45) is 3.73. The van der Waals surface area contributed by atoms with Crippen molar-refractivity contribution in [2.24, 2.45) is 7.05 Å². The molecule has 0 aliphatic heterocycles. The van der Waals surface area contributed by atoms with E-state index in [1.54, 1.807) is 6.20 Å². The van der Waals surface area contributed by atoms with Crippen molar-refractivity contribution in [1.82, 2.24) is 14.5 Å². The largest absolute Gasteiger partial charge is 0.347 e. The minimum Gasteiger partial charge on any atom is -0.347 e. The van der Waals surface area contributed by atoms with Crippen LogP contribution in [0.3, 0.4) is 0 Å². The molecule has 0 bridgehead atoms. The highest BCUT2D eigenvalue weighted by molar-refractivity contribution is 14.1. The van der Waals surface area contributed by atoms with Gasteiger partial charge in [0.05, 0.1) is 15.3 Å². The zero-order valence-electron chi connectivity index (χ0n) is 6.25. The molecular weight excluding hydrogens is 288 g/mol. The lowest BCUT2D eigenvalue weighted by atomic mass is 10.5. The van der Waals surface area contributed by atoms with Crippen molar-refractivity contribution in [3.8, 4) is 0 Å². The summed E-state index contributed by atoms with van der Waals surface area (Å²) in [7, 11) is 1.96. The maximum atomic E-state index is 5.67. The van der Waals surface area contributed by atoms with Gasteiger partial charge in [-0.15, -0.1) is 0 Å². The molecule has 0 radical (unpaired) electrons. The van der Waals surface area contributed by atoms with Crippen LogP contribution >= 0.6 is 34.2 Å². The molecule has 2 heterocycles. The zero-order valence-corrected chi connectivity index (χ0v) is 9.17. The van der Waals surface area contributed by atoms with E-state index in [2.05, 4.69) is 32.6 Å². The Hall–Kier alpha value is -0.360. The zero-order chi connectivity index (χ0) is 8.72. The van der Waals surface area contributed by atoms with Crippen molar-refractivity contribution in [2.75, 3.05) is 0 Å². The predicted octanol–water partition coefficient (Wildman–Crippen LogP) is 2.23. The Kier molecular flexibility index (Phi) is 1.96. The predicted molar refractivity (Wildman–Crippen MR) is 56.2 cm³/mol. The highest BCUT2D eigenvalue weighted by Crippen LogP contribution is 2.20. The van der Waals surface area contributed by atoms with Crippen LogP contribution in [-0.4, -0.2) is 14.5 Å². The number of hydrogen-bond donors (Lipinski definition) is 0. The summed E-state index contributed by atoms with van der Waals surface area (Å²) >= 11 is 7.89. The minimum atomic E-state index is 0.298. The number of nitrogens with zero attached hydrogens (tertiary/aromatic N) is 3. The molecule has 2 rings (SSSR count). The van der Waals surface area contributed by atoms with Crippen LogP contribution in [0.5, 0.6) is 0 Å². The first kappa shape index (κ1) is 8.25. The lowest BCUT2D eigenvalue weighted by Gasteiger charge is -1.93. The molecule has 0 aliphatic carbocycles. The van der Waals surface area contributed by atoms with Crippen molar-refractivity contribution >= 4 is 45.2 Å². The molecule has 0 spiro atoms. The van der Waals surface area contributed by atoms with Crippen LogP contribution in [0, 0.1) is 3.57 Å². The van der Waals surface area contributed by atoms with Crippen LogP contribution in [-0.2, 0) is 7.05 Å². The molecule has 62 valence electrons. The Balaban J connectivity index is 2.90. The molecule has 0 unspecified atom stereocenters. The Morgan fingerprint density at radius 1 is 1.58 bits per heavy atom. The summed E-state index contributed by atoms with van der Waals surface area (Å²) in [4.78, 5) is 8.03. The van der Waals surface area contributed by atoms with E-state index in [-0.39, 0.29) is 0 Å².